The van der Waals surface area contributed by atoms with E-state index < -0.39 is 10.0 Å². The van der Waals surface area contributed by atoms with E-state index in [4.69, 9.17) is 16.3 Å². The van der Waals surface area contributed by atoms with Gasteiger partial charge in [-0.25, -0.2) is 18.5 Å². The normalized spacial score (nSPS) is 16.4. The van der Waals surface area contributed by atoms with Crippen LogP contribution < -0.4 is 11.5 Å². The van der Waals surface area contributed by atoms with Gasteiger partial charge in [0.15, 0.2) is 0 Å². The van der Waals surface area contributed by atoms with Crippen LogP contribution in [-0.2, 0) is 19.7 Å². The van der Waals surface area contributed by atoms with E-state index in [0.717, 1.165) is 6.42 Å². The maximum Gasteiger partial charge on any atom is 0.273 e. The van der Waals surface area contributed by atoms with Crippen LogP contribution in [0.4, 0.5) is 5.69 Å². The summed E-state index contributed by atoms with van der Waals surface area (Å²) in [5, 5.41) is 1.35. The van der Waals surface area contributed by atoms with Crippen LogP contribution in [-0.4, -0.2) is 67.3 Å². The lowest BCUT2D eigenvalue weighted by atomic mass is 10.0. The van der Waals surface area contributed by atoms with Crippen molar-refractivity contribution in [3.05, 3.63) is 47.8 Å². The van der Waals surface area contributed by atoms with Crippen LogP contribution in [0.25, 0.3) is 17.2 Å². The van der Waals surface area contributed by atoms with Crippen molar-refractivity contribution < 1.29 is 18.0 Å². The van der Waals surface area contributed by atoms with Crippen molar-refractivity contribution in [2.24, 2.45) is 22.4 Å². The fourth-order valence-corrected chi connectivity index (χ4v) is 5.80. The highest BCUT2D eigenvalue weighted by Gasteiger charge is 2.36. The first kappa shape index (κ1) is 26.0. The predicted molar refractivity (Wildman–Crippen MR) is 138 cm³/mol. The van der Waals surface area contributed by atoms with E-state index in [0.29, 0.717) is 60.9 Å². The number of rotatable bonds is 9. The van der Waals surface area contributed by atoms with Crippen LogP contribution in [0.3, 0.4) is 0 Å². The lowest BCUT2D eigenvalue weighted by Crippen LogP contribution is -2.52. The highest BCUT2D eigenvalue weighted by molar-refractivity contribution is 7.89. The number of nitrogens with two attached hydrogens (primary N) is 2. The Bertz CT molecular complexity index is 1300. The summed E-state index contributed by atoms with van der Waals surface area (Å²) in [7, 11) is -3.60. The van der Waals surface area contributed by atoms with Gasteiger partial charge in [-0.15, -0.1) is 0 Å². The number of carbonyl (C=O) groups is 1. The third kappa shape index (κ3) is 5.34. The van der Waals surface area contributed by atoms with Gasteiger partial charge >= 0.3 is 0 Å². The summed E-state index contributed by atoms with van der Waals surface area (Å²) in [6, 6.07) is 8.54. The predicted octanol–water partition coefficient (Wildman–Crippen LogP) is 2.29. The van der Waals surface area contributed by atoms with Gasteiger partial charge in [0.2, 0.25) is 10.0 Å². The molecule has 0 unspecified atom stereocenters. The summed E-state index contributed by atoms with van der Waals surface area (Å²) in [5.74, 6) is 0.215. The van der Waals surface area contributed by atoms with Crippen LogP contribution >= 0.6 is 0 Å². The molecule has 2 aromatic rings. The standard InChI is InChI=1S/C25H32N6O4S/c1-3-8-31(35-4-2)25(32)19-10-22-23(29-24(27)12-19)11-20(14-28-22)18-6-5-7-21(9-18)36(33,34)30-15-17(13-26)16-30/h5-7,9-11,14,17H,3-4,8,12-13,15-16,26H2,1-2H3,(H2,27,29). The van der Waals surface area contributed by atoms with E-state index in [1.54, 1.807) is 36.5 Å². The highest BCUT2D eigenvalue weighted by Crippen LogP contribution is 2.32. The Kier molecular flexibility index (Phi) is 7.84. The van der Waals surface area contributed by atoms with Crippen molar-refractivity contribution >= 4 is 33.5 Å². The molecule has 1 amide bonds. The number of aromatic nitrogens is 1. The number of hydroxylamine groups is 2. The molecule has 192 valence electrons. The molecule has 0 bridgehead atoms. The molecular weight excluding hydrogens is 480 g/mol. The molecule has 0 saturated carbocycles. The molecule has 2 aliphatic heterocycles. The molecule has 0 aliphatic carbocycles. The average Bonchev–Trinajstić information content (AvgIpc) is 3.00. The maximum absolute atomic E-state index is 13.1. The van der Waals surface area contributed by atoms with Crippen molar-refractivity contribution in [2.75, 3.05) is 32.8 Å². The van der Waals surface area contributed by atoms with Crippen LogP contribution in [0.15, 0.2) is 52.0 Å². The van der Waals surface area contributed by atoms with Gasteiger partial charge in [0, 0.05) is 43.4 Å². The molecule has 1 fully saturated rings. The molecule has 2 aliphatic rings. The van der Waals surface area contributed by atoms with Crippen molar-refractivity contribution in [2.45, 2.75) is 31.6 Å². The number of benzene rings is 1. The SMILES string of the molecule is CCCN(OCC)C(=O)C1=Cc2ncc(-c3cccc(S(=O)(=O)N4CC(CN)C4)c3)cc2N=C(N)C1. The minimum atomic E-state index is -3.60. The number of fused-ring (bicyclic) bond motifs is 1. The van der Waals surface area contributed by atoms with E-state index in [9.17, 15) is 13.2 Å². The number of nitrogens with zero attached hydrogens (tertiary/aromatic N) is 4. The van der Waals surface area contributed by atoms with E-state index in [-0.39, 0.29) is 29.0 Å². The Hall–Kier alpha value is -3.12. The Labute approximate surface area is 211 Å². The number of aliphatic imine (C=N–C) groups is 1. The van der Waals surface area contributed by atoms with Gasteiger partial charge in [0.25, 0.3) is 5.91 Å². The number of amidine groups is 1. The lowest BCUT2D eigenvalue weighted by molar-refractivity contribution is -0.180. The zero-order chi connectivity index (χ0) is 25.9. The fraction of sp³-hybridized carbons (Fsp3) is 0.400. The summed E-state index contributed by atoms with van der Waals surface area (Å²) >= 11 is 0. The van der Waals surface area contributed by atoms with Gasteiger partial charge in [-0.05, 0) is 55.6 Å². The lowest BCUT2D eigenvalue weighted by Gasteiger charge is -2.37. The third-order valence-electron chi connectivity index (χ3n) is 6.12. The number of hydrogen-bond acceptors (Lipinski definition) is 8. The number of amides is 1. The van der Waals surface area contributed by atoms with Crippen molar-refractivity contribution in [3.8, 4) is 11.1 Å². The van der Waals surface area contributed by atoms with E-state index >= 15 is 0 Å². The topological polar surface area (TPSA) is 144 Å². The molecule has 4 rings (SSSR count). The summed E-state index contributed by atoms with van der Waals surface area (Å²) in [6.45, 7) is 5.97. The van der Waals surface area contributed by atoms with Gasteiger partial charge in [-0.1, -0.05) is 19.1 Å². The summed E-state index contributed by atoms with van der Waals surface area (Å²) < 4.78 is 27.5. The molecule has 3 heterocycles. The third-order valence-corrected chi connectivity index (χ3v) is 7.95. The smallest absolute Gasteiger partial charge is 0.273 e. The van der Waals surface area contributed by atoms with Gasteiger partial charge in [-0.2, -0.15) is 4.31 Å². The Morgan fingerprint density at radius 3 is 2.69 bits per heavy atom. The second kappa shape index (κ2) is 10.9. The monoisotopic (exact) mass is 512 g/mol. The molecule has 1 aromatic carbocycles. The van der Waals surface area contributed by atoms with E-state index in [1.165, 1.54) is 9.37 Å². The first-order chi connectivity index (χ1) is 17.3. The van der Waals surface area contributed by atoms with Gasteiger partial charge in [-0.3, -0.25) is 14.6 Å². The molecule has 0 radical (unpaired) electrons. The van der Waals surface area contributed by atoms with Crippen molar-refractivity contribution in [1.29, 1.82) is 0 Å². The minimum absolute atomic E-state index is 0.172. The molecule has 1 aromatic heterocycles. The average molecular weight is 513 g/mol. The van der Waals surface area contributed by atoms with Crippen LogP contribution in [0, 0.1) is 5.92 Å². The highest BCUT2D eigenvalue weighted by atomic mass is 32.2. The quantitative estimate of drug-likeness (QED) is 0.491. The Morgan fingerprint density at radius 2 is 2.00 bits per heavy atom. The molecule has 0 atom stereocenters. The zero-order valence-corrected chi connectivity index (χ0v) is 21.4. The van der Waals surface area contributed by atoms with Crippen LogP contribution in [0.5, 0.6) is 0 Å². The second-order valence-electron chi connectivity index (χ2n) is 8.85. The zero-order valence-electron chi connectivity index (χ0n) is 20.6. The van der Waals surface area contributed by atoms with E-state index in [2.05, 4.69) is 9.98 Å². The van der Waals surface area contributed by atoms with E-state index in [1.807, 2.05) is 19.9 Å². The molecule has 36 heavy (non-hydrogen) atoms. The largest absolute Gasteiger partial charge is 0.387 e. The molecule has 1 saturated heterocycles. The minimum Gasteiger partial charge on any atom is -0.387 e. The molecular formula is C25H32N6O4S. The number of sulfonamides is 1. The van der Waals surface area contributed by atoms with Crippen LogP contribution in [0.2, 0.25) is 0 Å². The van der Waals surface area contributed by atoms with Crippen LogP contribution in [0.1, 0.15) is 32.4 Å². The Balaban J connectivity index is 1.64. The molecule has 11 heteroatoms. The first-order valence-corrected chi connectivity index (χ1v) is 13.5. The first-order valence-electron chi connectivity index (χ1n) is 12.1. The van der Waals surface area contributed by atoms with Gasteiger partial charge in [0.1, 0.15) is 5.84 Å². The summed E-state index contributed by atoms with van der Waals surface area (Å²) in [4.78, 5) is 27.8. The summed E-state index contributed by atoms with van der Waals surface area (Å²) in [5.41, 5.74) is 14.6. The van der Waals surface area contributed by atoms with Gasteiger partial charge in [0.05, 0.1) is 22.9 Å². The number of hydrogen-bond donors (Lipinski definition) is 2. The fourth-order valence-electron chi connectivity index (χ4n) is 4.16. The van der Waals surface area contributed by atoms with Gasteiger partial charge < -0.3 is 11.5 Å². The Morgan fingerprint density at radius 1 is 1.22 bits per heavy atom. The number of carbonyl (C=O) groups excluding carboxylic acids is 1. The van der Waals surface area contributed by atoms with Crippen molar-refractivity contribution in [1.82, 2.24) is 14.4 Å². The maximum atomic E-state index is 13.1. The van der Waals surface area contributed by atoms with Crippen molar-refractivity contribution in [3.63, 3.8) is 0 Å². The number of pyridine rings is 1. The molecule has 10 nitrogen and oxygen atoms in total. The summed E-state index contributed by atoms with van der Waals surface area (Å²) in [6.07, 6.45) is 4.25. The second-order valence-corrected chi connectivity index (χ2v) is 10.8. The molecule has 4 N–H and O–H groups in total. The molecule has 0 spiro atoms.